The van der Waals surface area contributed by atoms with Crippen LogP contribution in [0.25, 0.3) is 0 Å². The van der Waals surface area contributed by atoms with E-state index in [2.05, 4.69) is 10.3 Å². The second-order valence-corrected chi connectivity index (χ2v) is 4.19. The zero-order chi connectivity index (χ0) is 13.8. The number of hydrogen-bond acceptors (Lipinski definition) is 5. The zero-order valence-corrected chi connectivity index (χ0v) is 10.5. The van der Waals surface area contributed by atoms with Gasteiger partial charge in [-0.05, 0) is 12.1 Å². The lowest BCUT2D eigenvalue weighted by Gasteiger charge is -2.23. The third-order valence-electron chi connectivity index (χ3n) is 2.61. The van der Waals surface area contributed by atoms with E-state index in [4.69, 9.17) is 10.8 Å². The molecule has 0 unspecified atom stereocenters. The number of carboxylic acids is 1. The van der Waals surface area contributed by atoms with Gasteiger partial charge in [-0.1, -0.05) is 17.3 Å². The van der Waals surface area contributed by atoms with E-state index in [1.807, 2.05) is 6.07 Å². The summed E-state index contributed by atoms with van der Waals surface area (Å²) >= 11 is 0. The molecule has 0 aliphatic rings. The molecule has 7 nitrogen and oxygen atoms in total. The Kier molecular flexibility index (Phi) is 3.65. The van der Waals surface area contributed by atoms with Gasteiger partial charge in [0.25, 0.3) is 0 Å². The van der Waals surface area contributed by atoms with Gasteiger partial charge in [-0.15, -0.1) is 5.10 Å². The van der Waals surface area contributed by atoms with Crippen molar-refractivity contribution in [3.63, 3.8) is 0 Å². The van der Waals surface area contributed by atoms with E-state index in [0.29, 0.717) is 23.6 Å². The van der Waals surface area contributed by atoms with Crippen LogP contribution in [0.5, 0.6) is 0 Å². The molecule has 0 aliphatic carbocycles. The van der Waals surface area contributed by atoms with Crippen LogP contribution in [-0.2, 0) is 18.4 Å². The summed E-state index contributed by atoms with van der Waals surface area (Å²) in [5, 5.41) is 16.8. The minimum Gasteiger partial charge on any atom is -0.480 e. The van der Waals surface area contributed by atoms with Gasteiger partial charge in [-0.25, -0.2) is 0 Å². The number of aromatic nitrogens is 3. The Morgan fingerprint density at radius 2 is 2.21 bits per heavy atom. The number of anilines is 2. The molecule has 0 saturated carbocycles. The third kappa shape index (κ3) is 3.21. The number of carboxylic acid groups (broad SMARTS) is 1. The van der Waals surface area contributed by atoms with Crippen molar-refractivity contribution in [3.8, 4) is 0 Å². The van der Waals surface area contributed by atoms with Gasteiger partial charge in [0.2, 0.25) is 0 Å². The number of nitrogens with zero attached hydrogens (tertiary/aromatic N) is 4. The quantitative estimate of drug-likeness (QED) is 0.760. The van der Waals surface area contributed by atoms with Crippen LogP contribution in [0.4, 0.5) is 11.4 Å². The lowest BCUT2D eigenvalue weighted by molar-refractivity contribution is -0.135. The Balaban J connectivity index is 2.26. The Morgan fingerprint density at radius 1 is 1.47 bits per heavy atom. The van der Waals surface area contributed by atoms with Crippen molar-refractivity contribution in [1.82, 2.24) is 15.0 Å². The number of benzene rings is 1. The molecule has 1 aromatic heterocycles. The van der Waals surface area contributed by atoms with Gasteiger partial charge in [0, 0.05) is 13.2 Å². The molecular weight excluding hydrogens is 246 g/mol. The minimum atomic E-state index is -0.924. The molecule has 1 aromatic carbocycles. The number of para-hydroxylation sites is 2. The van der Waals surface area contributed by atoms with Crippen molar-refractivity contribution in [2.45, 2.75) is 6.54 Å². The fraction of sp³-hybridized carbons (Fsp3) is 0.250. The highest BCUT2D eigenvalue weighted by molar-refractivity contribution is 5.77. The first kappa shape index (κ1) is 12.9. The zero-order valence-electron chi connectivity index (χ0n) is 10.5. The number of nitrogen functional groups attached to an aromatic ring is 1. The summed E-state index contributed by atoms with van der Waals surface area (Å²) in [5.41, 5.74) is 7.78. The molecular formula is C12H15N5O2. The SMILES string of the molecule is Cn1cc(CN(CC(=O)O)c2ccccc2N)nn1. The fourth-order valence-electron chi connectivity index (χ4n) is 1.83. The number of carbonyl (C=O) groups is 1. The van der Waals surface area contributed by atoms with E-state index in [0.717, 1.165) is 0 Å². The Labute approximate surface area is 110 Å². The van der Waals surface area contributed by atoms with Gasteiger partial charge in [0.15, 0.2) is 0 Å². The van der Waals surface area contributed by atoms with Gasteiger partial charge in [-0.3, -0.25) is 9.48 Å². The number of nitrogens with two attached hydrogens (primary N) is 1. The highest BCUT2D eigenvalue weighted by Gasteiger charge is 2.15. The molecule has 0 saturated heterocycles. The van der Waals surface area contributed by atoms with Crippen LogP contribution in [0.15, 0.2) is 30.5 Å². The summed E-state index contributed by atoms with van der Waals surface area (Å²) in [6.07, 6.45) is 1.74. The first-order valence-electron chi connectivity index (χ1n) is 5.72. The number of rotatable bonds is 5. The topological polar surface area (TPSA) is 97.3 Å². The Bertz CT molecular complexity index is 581. The largest absolute Gasteiger partial charge is 0.480 e. The Morgan fingerprint density at radius 3 is 2.79 bits per heavy atom. The minimum absolute atomic E-state index is 0.148. The average molecular weight is 261 g/mol. The molecule has 3 N–H and O–H groups in total. The molecule has 0 fully saturated rings. The van der Waals surface area contributed by atoms with Crippen molar-refractivity contribution in [2.24, 2.45) is 7.05 Å². The van der Waals surface area contributed by atoms with E-state index < -0.39 is 5.97 Å². The summed E-state index contributed by atoms with van der Waals surface area (Å²) < 4.78 is 1.57. The number of hydrogen-bond donors (Lipinski definition) is 2. The maximum absolute atomic E-state index is 11.0. The van der Waals surface area contributed by atoms with Crippen LogP contribution in [0.3, 0.4) is 0 Å². The number of aliphatic carboxylic acids is 1. The van der Waals surface area contributed by atoms with Crippen LogP contribution in [0, 0.1) is 0 Å². The maximum Gasteiger partial charge on any atom is 0.323 e. The summed E-state index contributed by atoms with van der Waals surface area (Å²) in [7, 11) is 1.76. The lowest BCUT2D eigenvalue weighted by Crippen LogP contribution is -2.30. The van der Waals surface area contributed by atoms with Gasteiger partial charge in [-0.2, -0.15) is 0 Å². The van der Waals surface area contributed by atoms with E-state index in [-0.39, 0.29) is 6.54 Å². The van der Waals surface area contributed by atoms with E-state index in [9.17, 15) is 4.79 Å². The third-order valence-corrected chi connectivity index (χ3v) is 2.61. The van der Waals surface area contributed by atoms with Crippen molar-refractivity contribution >= 4 is 17.3 Å². The Hall–Kier alpha value is -2.57. The standard InChI is InChI=1S/C12H15N5O2/c1-16-6-9(14-15-16)7-17(8-12(18)19)11-5-3-2-4-10(11)13/h2-6H,7-8,13H2,1H3,(H,18,19). The van der Waals surface area contributed by atoms with Crippen molar-refractivity contribution in [1.29, 1.82) is 0 Å². The summed E-state index contributed by atoms with van der Waals surface area (Å²) in [5.74, 6) is -0.924. The first-order valence-corrected chi connectivity index (χ1v) is 5.72. The van der Waals surface area contributed by atoms with E-state index in [1.54, 1.807) is 41.0 Å². The van der Waals surface area contributed by atoms with Crippen molar-refractivity contribution in [2.75, 3.05) is 17.2 Å². The average Bonchev–Trinajstić information content (AvgIpc) is 2.74. The van der Waals surface area contributed by atoms with Crippen LogP contribution in [-0.4, -0.2) is 32.6 Å². The highest BCUT2D eigenvalue weighted by Crippen LogP contribution is 2.23. The molecule has 100 valence electrons. The van der Waals surface area contributed by atoms with Gasteiger partial charge in [0.05, 0.1) is 17.9 Å². The van der Waals surface area contributed by atoms with E-state index >= 15 is 0 Å². The summed E-state index contributed by atoms with van der Waals surface area (Å²) in [6.45, 7) is 0.194. The first-order chi connectivity index (χ1) is 9.06. The molecule has 19 heavy (non-hydrogen) atoms. The molecule has 0 bridgehead atoms. The monoisotopic (exact) mass is 261 g/mol. The van der Waals surface area contributed by atoms with Gasteiger partial charge in [0.1, 0.15) is 12.2 Å². The van der Waals surface area contributed by atoms with Gasteiger partial charge < -0.3 is 15.7 Å². The van der Waals surface area contributed by atoms with Crippen molar-refractivity contribution in [3.05, 3.63) is 36.2 Å². The summed E-state index contributed by atoms with van der Waals surface area (Å²) in [6, 6.07) is 7.15. The molecule has 0 amide bonds. The molecule has 0 aliphatic heterocycles. The van der Waals surface area contributed by atoms with Gasteiger partial charge >= 0.3 is 5.97 Å². The normalized spacial score (nSPS) is 10.4. The molecule has 1 heterocycles. The smallest absolute Gasteiger partial charge is 0.323 e. The molecule has 0 spiro atoms. The van der Waals surface area contributed by atoms with Crippen LogP contribution in [0.1, 0.15) is 5.69 Å². The molecule has 7 heteroatoms. The van der Waals surface area contributed by atoms with Crippen LogP contribution in [0.2, 0.25) is 0 Å². The van der Waals surface area contributed by atoms with E-state index in [1.165, 1.54) is 0 Å². The maximum atomic E-state index is 11.0. The molecule has 0 atom stereocenters. The fourth-order valence-corrected chi connectivity index (χ4v) is 1.83. The second kappa shape index (κ2) is 5.38. The molecule has 2 aromatic rings. The highest BCUT2D eigenvalue weighted by atomic mass is 16.4. The lowest BCUT2D eigenvalue weighted by atomic mass is 10.2. The van der Waals surface area contributed by atoms with Crippen LogP contribution < -0.4 is 10.6 Å². The molecule has 0 radical (unpaired) electrons. The van der Waals surface area contributed by atoms with Crippen LogP contribution >= 0.6 is 0 Å². The number of aryl methyl sites for hydroxylation is 1. The second-order valence-electron chi connectivity index (χ2n) is 4.19. The predicted octanol–water partition coefficient (Wildman–Crippen LogP) is 0.488. The summed E-state index contributed by atoms with van der Waals surface area (Å²) in [4.78, 5) is 12.6. The predicted molar refractivity (Wildman–Crippen MR) is 70.5 cm³/mol. The van der Waals surface area contributed by atoms with Crippen molar-refractivity contribution < 1.29 is 9.90 Å². The molecule has 2 rings (SSSR count).